The third-order valence-electron chi connectivity index (χ3n) is 12.9. The number of benzene rings is 2. The summed E-state index contributed by atoms with van der Waals surface area (Å²) in [6, 6.07) is 16.1. The van der Waals surface area contributed by atoms with Gasteiger partial charge in [-0.15, -0.1) is 0 Å². The van der Waals surface area contributed by atoms with Crippen LogP contribution in [0, 0.1) is 23.7 Å². The van der Waals surface area contributed by atoms with Crippen molar-refractivity contribution in [2.75, 3.05) is 14.2 Å². The van der Waals surface area contributed by atoms with Crippen molar-refractivity contribution in [3.8, 4) is 33.8 Å². The summed E-state index contributed by atoms with van der Waals surface area (Å²) in [5, 5.41) is 7.10. The molecule has 62 heavy (non-hydrogen) atoms. The number of hydrogen-bond donors (Lipinski definition) is 4. The van der Waals surface area contributed by atoms with Gasteiger partial charge in [-0.1, -0.05) is 87.3 Å². The normalized spacial score (nSPS) is 23.3. The van der Waals surface area contributed by atoms with Crippen LogP contribution < -0.4 is 10.6 Å². The topological polar surface area (TPSA) is 188 Å². The number of imidazole rings is 2. The van der Waals surface area contributed by atoms with E-state index in [-0.39, 0.29) is 47.8 Å². The predicted octanol–water partition coefficient (Wildman–Crippen LogP) is 8.07. The number of aromatic nitrogens is 5. The molecule has 4 amide bonds. The minimum atomic E-state index is -0.732. The zero-order chi connectivity index (χ0) is 43.7. The number of pyridine rings is 1. The molecule has 8 atom stereocenters. The number of rotatable bonds is 11. The van der Waals surface area contributed by atoms with Gasteiger partial charge in [-0.2, -0.15) is 0 Å². The first kappa shape index (κ1) is 41.7. The van der Waals surface area contributed by atoms with Gasteiger partial charge in [0.15, 0.2) is 0 Å². The number of H-pyrrole nitrogens is 2. The summed E-state index contributed by atoms with van der Waals surface area (Å²) in [6.07, 6.45) is 2.11. The Morgan fingerprint density at radius 1 is 0.645 bits per heavy atom. The van der Waals surface area contributed by atoms with Gasteiger partial charge in [0.05, 0.1) is 37.5 Å². The molecule has 5 aromatic rings. The van der Waals surface area contributed by atoms with E-state index in [0.29, 0.717) is 50.9 Å². The number of likely N-dealkylation sites (tertiary alicyclic amines) is 2. The fraction of sp³-hybridized carbons (Fsp3) is 0.444. The molecule has 3 aromatic heterocycles. The second kappa shape index (κ2) is 16.2. The Balaban J connectivity index is 0.906. The van der Waals surface area contributed by atoms with E-state index in [2.05, 4.69) is 26.7 Å². The van der Waals surface area contributed by atoms with E-state index in [4.69, 9.17) is 47.6 Å². The molecule has 4 fully saturated rings. The Hall–Kier alpha value is -5.67. The highest BCUT2D eigenvalue weighted by Crippen LogP contribution is 2.55. The summed E-state index contributed by atoms with van der Waals surface area (Å²) in [4.78, 5) is 76.9. The number of amides is 4. The van der Waals surface area contributed by atoms with Gasteiger partial charge in [0.2, 0.25) is 11.8 Å². The fourth-order valence-corrected chi connectivity index (χ4v) is 9.91. The molecule has 0 unspecified atom stereocenters. The number of piperidine rings is 2. The summed E-state index contributed by atoms with van der Waals surface area (Å²) in [7, 11) is 2.57. The maximum Gasteiger partial charge on any atom is 0.407 e. The Kier molecular flexibility index (Phi) is 10.9. The number of nitrogens with zero attached hydrogens (tertiary/aromatic N) is 5. The van der Waals surface area contributed by atoms with Crippen molar-refractivity contribution in [2.24, 2.45) is 23.7 Å². The average Bonchev–Trinajstić information content (AvgIpc) is 3.97. The molecule has 15 nitrogen and oxygen atoms in total. The van der Waals surface area contributed by atoms with Crippen LogP contribution in [0.1, 0.15) is 77.1 Å². The SMILES string of the molecule is COC(=O)N[C@H](C(=O)N1[C@@H]2C[C@@H]2C[C@H]1c1nc(-c2ccc(-c3ccc4nc(-c5nc([C@@H]6C[C@H]7C[C@H]7N6C(=O)[C@@H](NC(=O)OC)C(C)C)[nH]c5Cl)ccc4c3)cc2)c(Cl)[nH]1)C(C)C. The van der Waals surface area contributed by atoms with Crippen molar-refractivity contribution < 1.29 is 28.7 Å². The molecule has 2 aliphatic carbocycles. The maximum atomic E-state index is 13.9. The highest BCUT2D eigenvalue weighted by Gasteiger charge is 2.57. The van der Waals surface area contributed by atoms with Crippen LogP contribution in [0.4, 0.5) is 9.59 Å². The van der Waals surface area contributed by atoms with Crippen molar-refractivity contribution in [2.45, 2.75) is 89.6 Å². The molecule has 4 N–H and O–H groups in total. The molecule has 5 heterocycles. The Morgan fingerprint density at radius 2 is 1.13 bits per heavy atom. The third-order valence-corrected chi connectivity index (χ3v) is 13.5. The van der Waals surface area contributed by atoms with Crippen LogP contribution >= 0.6 is 23.2 Å². The van der Waals surface area contributed by atoms with Crippen LogP contribution in [0.25, 0.3) is 44.7 Å². The van der Waals surface area contributed by atoms with Crippen LogP contribution in [0.3, 0.4) is 0 Å². The molecular weight excluding hydrogens is 833 g/mol. The lowest BCUT2D eigenvalue weighted by Crippen LogP contribution is -2.52. The van der Waals surface area contributed by atoms with Crippen LogP contribution in [-0.2, 0) is 19.1 Å². The zero-order valence-corrected chi connectivity index (χ0v) is 36.8. The number of methoxy groups -OCH3 is 2. The van der Waals surface area contributed by atoms with Crippen molar-refractivity contribution >= 4 is 58.1 Å². The average molecular weight is 883 g/mol. The molecule has 2 aromatic carbocycles. The molecule has 0 spiro atoms. The number of halogens is 2. The molecule has 324 valence electrons. The van der Waals surface area contributed by atoms with Gasteiger partial charge in [-0.05, 0) is 78.7 Å². The van der Waals surface area contributed by atoms with E-state index < -0.39 is 24.3 Å². The van der Waals surface area contributed by atoms with E-state index in [1.165, 1.54) is 14.2 Å². The van der Waals surface area contributed by atoms with Gasteiger partial charge in [0, 0.05) is 23.0 Å². The third kappa shape index (κ3) is 7.63. The van der Waals surface area contributed by atoms with Crippen molar-refractivity contribution in [1.29, 1.82) is 0 Å². The summed E-state index contributed by atoms with van der Waals surface area (Å²) < 4.78 is 9.59. The standard InChI is InChI=1S/C45H49Cl2N9O6/c1-20(2)34(51-44(59)61-5)42(57)55-30-16-26(30)18-32(55)40-49-36(38(46)53-40)23-9-7-22(8-10-23)24-11-13-28-25(15-24)12-14-29(48-28)37-39(47)54-41(50-37)33-19-27-17-31(27)56(33)43(58)35(21(3)4)52-45(60)62-6/h7-15,20-21,26-27,30-35H,16-19H2,1-6H3,(H,49,53)(H,50,54)(H,51,59)(H,52,60)/t26-,27-,30-,31-,32+,33+,34+,35+/m1/s1. The summed E-state index contributed by atoms with van der Waals surface area (Å²) in [6.45, 7) is 7.59. The number of carbonyl (C=O) groups is 4. The second-order valence-electron chi connectivity index (χ2n) is 17.6. The molecule has 2 aliphatic heterocycles. The summed E-state index contributed by atoms with van der Waals surface area (Å²) >= 11 is 13.6. The fourth-order valence-electron chi connectivity index (χ4n) is 9.43. The second-order valence-corrected chi connectivity index (χ2v) is 18.3. The number of aromatic amines is 2. The first-order valence-electron chi connectivity index (χ1n) is 21.1. The number of carbonyl (C=O) groups excluding carboxylic acids is 4. The minimum Gasteiger partial charge on any atom is -0.453 e. The van der Waals surface area contributed by atoms with E-state index in [1.54, 1.807) is 0 Å². The highest BCUT2D eigenvalue weighted by molar-refractivity contribution is 6.32. The van der Waals surface area contributed by atoms with Gasteiger partial charge in [0.25, 0.3) is 0 Å². The Bertz CT molecular complexity index is 2580. The van der Waals surface area contributed by atoms with Gasteiger partial charge in [-0.25, -0.2) is 24.5 Å². The van der Waals surface area contributed by atoms with Gasteiger partial charge < -0.3 is 39.9 Å². The lowest BCUT2D eigenvalue weighted by atomic mass is 10.0. The molecular formula is C45H49Cl2N9O6. The Morgan fingerprint density at radius 3 is 1.65 bits per heavy atom. The maximum absolute atomic E-state index is 13.9. The van der Waals surface area contributed by atoms with Crippen molar-refractivity contribution in [3.05, 3.63) is 76.6 Å². The smallest absolute Gasteiger partial charge is 0.407 e. The highest BCUT2D eigenvalue weighted by atomic mass is 35.5. The molecule has 4 aliphatic rings. The van der Waals surface area contributed by atoms with Crippen LogP contribution in [0.5, 0.6) is 0 Å². The summed E-state index contributed by atoms with van der Waals surface area (Å²) in [5.74, 6) is 1.40. The van der Waals surface area contributed by atoms with Crippen LogP contribution in [-0.4, -0.2) is 97.1 Å². The van der Waals surface area contributed by atoms with Gasteiger partial charge in [-0.3, -0.25) is 9.59 Å². The van der Waals surface area contributed by atoms with E-state index >= 15 is 0 Å². The van der Waals surface area contributed by atoms with Crippen molar-refractivity contribution in [1.82, 2.24) is 45.4 Å². The lowest BCUT2D eigenvalue weighted by Gasteiger charge is -2.31. The first-order valence-corrected chi connectivity index (χ1v) is 21.9. The van der Waals surface area contributed by atoms with Gasteiger partial charge in [0.1, 0.15) is 45.4 Å². The van der Waals surface area contributed by atoms with Crippen LogP contribution in [0.2, 0.25) is 10.3 Å². The molecule has 17 heteroatoms. The monoisotopic (exact) mass is 881 g/mol. The number of nitrogens with one attached hydrogen (secondary N) is 4. The minimum absolute atomic E-state index is 0.0977. The predicted molar refractivity (Wildman–Crippen MR) is 233 cm³/mol. The first-order chi connectivity index (χ1) is 29.7. The number of ether oxygens (including phenoxy) is 2. The van der Waals surface area contributed by atoms with Gasteiger partial charge >= 0.3 is 12.2 Å². The Labute approximate surface area is 368 Å². The zero-order valence-electron chi connectivity index (χ0n) is 35.2. The number of fused-ring (bicyclic) bond motifs is 3. The molecule has 2 saturated heterocycles. The van der Waals surface area contributed by atoms with E-state index in [1.807, 2.05) is 86.0 Å². The summed E-state index contributed by atoms with van der Waals surface area (Å²) in [5.41, 5.74) is 5.30. The largest absolute Gasteiger partial charge is 0.453 e. The number of hydrogen-bond acceptors (Lipinski definition) is 9. The molecule has 0 bridgehead atoms. The quantitative estimate of drug-likeness (QED) is 0.102. The van der Waals surface area contributed by atoms with Crippen molar-refractivity contribution in [3.63, 3.8) is 0 Å². The number of alkyl carbamates (subject to hydrolysis) is 2. The van der Waals surface area contributed by atoms with E-state index in [9.17, 15) is 19.2 Å². The van der Waals surface area contributed by atoms with Crippen LogP contribution in [0.15, 0.2) is 54.6 Å². The molecule has 0 radical (unpaired) electrons. The molecule has 2 saturated carbocycles. The lowest BCUT2D eigenvalue weighted by molar-refractivity contribution is -0.137. The van der Waals surface area contributed by atoms with E-state index in [0.717, 1.165) is 53.3 Å². The molecule has 9 rings (SSSR count).